The molecule has 0 saturated carbocycles. The summed E-state index contributed by atoms with van der Waals surface area (Å²) >= 11 is 0. The minimum atomic E-state index is -7.79. The molecule has 0 aromatic heterocycles. The van der Waals surface area contributed by atoms with E-state index >= 15 is 0 Å². The topological polar surface area (TPSA) is 34.1 Å². The van der Waals surface area contributed by atoms with E-state index in [-0.39, 0.29) is 0 Å². The largest absolute Gasteiger partial charge is 0.414 e. The summed E-state index contributed by atoms with van der Waals surface area (Å²) in [6.07, 6.45) is -27.6. The van der Waals surface area contributed by atoms with E-state index in [1.54, 1.807) is 0 Å². The van der Waals surface area contributed by atoms with Crippen LogP contribution in [0.2, 0.25) is 0 Å². The monoisotopic (exact) mass is 366 g/mol. The van der Waals surface area contributed by atoms with E-state index in [0.717, 1.165) is 0 Å². The molecule has 0 heterocycles. The number of hydrogen-bond donors (Lipinski definition) is 0. The lowest BCUT2D eigenvalue weighted by Gasteiger charge is -2.29. The average molecular weight is 366 g/mol. The Bertz CT molecular complexity index is 396. The Morgan fingerprint density at radius 1 is 0.476 bits per heavy atom. The molecule has 0 spiro atoms. The Morgan fingerprint density at radius 2 is 0.619 bits per heavy atom. The number of alkyl halides is 12. The zero-order valence-corrected chi connectivity index (χ0v) is 9.73. The number of sulfone groups is 1. The Labute approximate surface area is 107 Å². The van der Waals surface area contributed by atoms with Gasteiger partial charge in [0.1, 0.15) is 0 Å². The van der Waals surface area contributed by atoms with Gasteiger partial charge in [0.15, 0.2) is 9.84 Å². The minimum Gasteiger partial charge on any atom is -0.227 e. The fourth-order valence-electron chi connectivity index (χ4n) is 1.25. The third-order valence-electron chi connectivity index (χ3n) is 1.85. The van der Waals surface area contributed by atoms with Crippen molar-refractivity contribution in [2.24, 2.45) is 0 Å². The Morgan fingerprint density at radius 3 is 0.714 bits per heavy atom. The van der Waals surface area contributed by atoms with E-state index in [2.05, 4.69) is 0 Å². The summed E-state index contributed by atoms with van der Waals surface area (Å²) in [6, 6.07) is 0. The molecule has 128 valence electrons. The van der Waals surface area contributed by atoms with Crippen LogP contribution >= 0.6 is 0 Å². The van der Waals surface area contributed by atoms with Crippen LogP contribution in [0.3, 0.4) is 0 Å². The van der Waals surface area contributed by atoms with Crippen molar-refractivity contribution < 1.29 is 61.1 Å². The first-order valence-electron chi connectivity index (χ1n) is 4.23. The summed E-state index contributed by atoms with van der Waals surface area (Å²) in [4.78, 5) is 0. The van der Waals surface area contributed by atoms with Gasteiger partial charge < -0.3 is 0 Å². The van der Waals surface area contributed by atoms with Crippen LogP contribution in [0, 0.1) is 0 Å². The molecule has 0 unspecified atom stereocenters. The Balaban J connectivity index is 6.37. The van der Waals surface area contributed by atoms with Gasteiger partial charge in [-0.3, -0.25) is 0 Å². The lowest BCUT2D eigenvalue weighted by atomic mass is 10.4. The van der Waals surface area contributed by atoms with Gasteiger partial charge in [0.2, 0.25) is 0 Å². The van der Waals surface area contributed by atoms with Gasteiger partial charge in [-0.15, -0.1) is 0 Å². The number of hydrogen-bond acceptors (Lipinski definition) is 2. The van der Waals surface area contributed by atoms with Crippen LogP contribution in [0.15, 0.2) is 0 Å². The first kappa shape index (κ1) is 20.1. The predicted molar refractivity (Wildman–Crippen MR) is 40.7 cm³/mol. The highest BCUT2D eigenvalue weighted by atomic mass is 32.2. The molecule has 0 aliphatic carbocycles. The first-order valence-corrected chi connectivity index (χ1v) is 5.84. The molecule has 0 amide bonds. The maximum absolute atomic E-state index is 12.0. The second-order valence-corrected chi connectivity index (χ2v) is 5.64. The lowest BCUT2D eigenvalue weighted by molar-refractivity contribution is -0.237. The SMILES string of the molecule is O=S(=O)(C(C(F)(F)F)C(F)(F)F)C(C(F)(F)F)C(F)(F)F. The van der Waals surface area contributed by atoms with Crippen molar-refractivity contribution in [3.63, 3.8) is 0 Å². The van der Waals surface area contributed by atoms with Crippen LogP contribution in [0.5, 0.6) is 0 Å². The summed E-state index contributed by atoms with van der Waals surface area (Å²) in [5, 5.41) is -11.6. The molecular formula is C6H2F12O2S. The van der Waals surface area contributed by atoms with Gasteiger partial charge >= 0.3 is 24.7 Å². The standard InChI is InChI=1S/C6H2F12O2S/c7-3(8,9)1(4(10,11)12)21(19,20)2(5(13,14)15)6(16,17)18/h1-2H. The molecule has 0 aromatic rings. The van der Waals surface area contributed by atoms with Crippen molar-refractivity contribution in [3.05, 3.63) is 0 Å². The molecule has 2 nitrogen and oxygen atoms in total. The van der Waals surface area contributed by atoms with Gasteiger partial charge in [-0.1, -0.05) is 0 Å². The van der Waals surface area contributed by atoms with E-state index in [1.165, 1.54) is 0 Å². The summed E-state index contributed by atoms with van der Waals surface area (Å²) in [5.41, 5.74) is 0. The van der Waals surface area contributed by atoms with E-state index in [9.17, 15) is 61.1 Å². The molecule has 0 radical (unpaired) electrons. The zero-order chi connectivity index (χ0) is 17.7. The predicted octanol–water partition coefficient (Wildman–Crippen LogP) is 3.39. The van der Waals surface area contributed by atoms with Crippen molar-refractivity contribution in [3.8, 4) is 0 Å². The smallest absolute Gasteiger partial charge is 0.227 e. The lowest BCUT2D eigenvalue weighted by Crippen LogP contribution is -2.58. The number of rotatable bonds is 2. The van der Waals surface area contributed by atoms with Gasteiger partial charge in [0.05, 0.1) is 0 Å². The second kappa shape index (κ2) is 5.08. The van der Waals surface area contributed by atoms with E-state index in [1.807, 2.05) is 0 Å². The summed E-state index contributed by atoms with van der Waals surface area (Å²) < 4.78 is 166. The second-order valence-electron chi connectivity index (χ2n) is 3.52. The molecule has 0 aliphatic heterocycles. The van der Waals surface area contributed by atoms with Crippen molar-refractivity contribution in [2.75, 3.05) is 0 Å². The molecule has 15 heteroatoms. The summed E-state index contributed by atoms with van der Waals surface area (Å²) in [6.45, 7) is 0. The normalized spacial score (nSPS) is 15.9. The molecular weight excluding hydrogens is 364 g/mol. The fourth-order valence-corrected chi connectivity index (χ4v) is 3.01. The molecule has 0 fully saturated rings. The van der Waals surface area contributed by atoms with E-state index < -0.39 is 45.0 Å². The molecule has 0 bridgehead atoms. The van der Waals surface area contributed by atoms with Crippen LogP contribution < -0.4 is 0 Å². The van der Waals surface area contributed by atoms with Gasteiger partial charge in [-0.25, -0.2) is 8.42 Å². The quantitative estimate of drug-likeness (QED) is 0.703. The highest BCUT2D eigenvalue weighted by Gasteiger charge is 2.74. The van der Waals surface area contributed by atoms with Crippen LogP contribution in [0.1, 0.15) is 0 Å². The van der Waals surface area contributed by atoms with Crippen molar-refractivity contribution in [1.82, 2.24) is 0 Å². The molecule has 0 atom stereocenters. The van der Waals surface area contributed by atoms with Crippen molar-refractivity contribution in [2.45, 2.75) is 35.2 Å². The Kier molecular flexibility index (Phi) is 4.87. The van der Waals surface area contributed by atoms with Gasteiger partial charge in [0, 0.05) is 0 Å². The maximum Gasteiger partial charge on any atom is 0.414 e. The van der Waals surface area contributed by atoms with Gasteiger partial charge in [-0.2, -0.15) is 52.7 Å². The zero-order valence-electron chi connectivity index (χ0n) is 8.92. The van der Waals surface area contributed by atoms with Crippen LogP contribution in [0.4, 0.5) is 52.7 Å². The molecule has 0 N–H and O–H groups in total. The van der Waals surface area contributed by atoms with E-state index in [4.69, 9.17) is 0 Å². The molecule has 0 rings (SSSR count). The van der Waals surface area contributed by atoms with Crippen LogP contribution in [-0.2, 0) is 9.84 Å². The van der Waals surface area contributed by atoms with Crippen molar-refractivity contribution >= 4 is 9.84 Å². The molecule has 21 heavy (non-hydrogen) atoms. The van der Waals surface area contributed by atoms with Crippen LogP contribution in [0.25, 0.3) is 0 Å². The summed E-state index contributed by atoms with van der Waals surface area (Å²) in [7, 11) is -7.79. The molecule has 0 aliphatic rings. The summed E-state index contributed by atoms with van der Waals surface area (Å²) in [5.74, 6) is 0. The first-order chi connectivity index (χ1) is 8.73. The molecule has 0 saturated heterocycles. The third kappa shape index (κ3) is 4.54. The van der Waals surface area contributed by atoms with Gasteiger partial charge in [-0.05, 0) is 0 Å². The third-order valence-corrected chi connectivity index (χ3v) is 4.23. The van der Waals surface area contributed by atoms with E-state index in [0.29, 0.717) is 0 Å². The minimum absolute atomic E-state index is 5.81. The molecule has 0 aromatic carbocycles. The van der Waals surface area contributed by atoms with Crippen molar-refractivity contribution in [1.29, 1.82) is 0 Å². The number of halogens is 12. The Hall–Kier alpha value is -0.890. The highest BCUT2D eigenvalue weighted by molar-refractivity contribution is 7.92. The maximum atomic E-state index is 12.0. The highest BCUT2D eigenvalue weighted by Crippen LogP contribution is 2.46. The average Bonchev–Trinajstić information content (AvgIpc) is 1.84. The van der Waals surface area contributed by atoms with Gasteiger partial charge in [0.25, 0.3) is 10.5 Å². The van der Waals surface area contributed by atoms with Crippen LogP contribution in [-0.4, -0.2) is 43.6 Å². The fraction of sp³-hybridized carbons (Fsp3) is 1.00.